The van der Waals surface area contributed by atoms with Gasteiger partial charge < -0.3 is 10.6 Å². The number of hydrogen-bond donors (Lipinski definition) is 2. The molecule has 134 valence electrons. The van der Waals surface area contributed by atoms with Gasteiger partial charge in [-0.15, -0.1) is 0 Å². The molecule has 0 aliphatic carbocycles. The zero-order valence-electron chi connectivity index (χ0n) is 13.8. The minimum atomic E-state index is -0.614. The van der Waals surface area contributed by atoms with Crippen LogP contribution in [0.3, 0.4) is 0 Å². The van der Waals surface area contributed by atoms with E-state index in [1.807, 2.05) is 0 Å². The predicted molar refractivity (Wildman–Crippen MR) is 97.5 cm³/mol. The molecule has 1 aromatic carbocycles. The van der Waals surface area contributed by atoms with Crippen molar-refractivity contribution in [1.29, 1.82) is 0 Å². The molecule has 2 N–H and O–H groups in total. The summed E-state index contributed by atoms with van der Waals surface area (Å²) >= 11 is 0. The lowest BCUT2D eigenvalue weighted by Crippen LogP contribution is -2.15. The first-order chi connectivity index (χ1) is 13.0. The molecule has 0 saturated heterocycles. The van der Waals surface area contributed by atoms with E-state index in [9.17, 15) is 19.7 Å². The second-order valence-electron chi connectivity index (χ2n) is 5.37. The van der Waals surface area contributed by atoms with Crippen LogP contribution in [0.15, 0.2) is 67.3 Å². The van der Waals surface area contributed by atoms with Gasteiger partial charge in [0.05, 0.1) is 4.92 Å². The highest BCUT2D eigenvalue weighted by molar-refractivity contribution is 6.07. The summed E-state index contributed by atoms with van der Waals surface area (Å²) in [5, 5.41) is 16.4. The second-order valence-corrected chi connectivity index (χ2v) is 5.37. The number of pyridine rings is 2. The molecular formula is C18H13N5O4. The number of anilines is 2. The Morgan fingerprint density at radius 3 is 1.85 bits per heavy atom. The molecule has 0 atom stereocenters. The third-order valence-corrected chi connectivity index (χ3v) is 3.58. The molecule has 2 heterocycles. The molecule has 0 fully saturated rings. The van der Waals surface area contributed by atoms with E-state index in [1.54, 1.807) is 0 Å². The van der Waals surface area contributed by atoms with E-state index >= 15 is 0 Å². The fourth-order valence-corrected chi connectivity index (χ4v) is 2.28. The maximum absolute atomic E-state index is 12.3. The van der Waals surface area contributed by atoms with Gasteiger partial charge in [0.2, 0.25) is 0 Å². The molecule has 9 nitrogen and oxygen atoms in total. The molecule has 27 heavy (non-hydrogen) atoms. The Kier molecular flexibility index (Phi) is 5.12. The van der Waals surface area contributed by atoms with E-state index < -0.39 is 16.7 Å². The molecule has 0 aliphatic heterocycles. The zero-order valence-corrected chi connectivity index (χ0v) is 13.8. The van der Waals surface area contributed by atoms with Crippen molar-refractivity contribution in [1.82, 2.24) is 9.97 Å². The number of carbonyl (C=O) groups excluding carboxylic acids is 2. The standard InChI is InChI=1S/C18H13N5O4/c24-17(12-3-7-19-8-4-12)21-14-1-2-16(23(26)27)15(11-14)22-18(25)13-5-9-20-10-6-13/h1-11H,(H,21,24)(H,22,25). The Labute approximate surface area is 153 Å². The number of hydrogen-bond acceptors (Lipinski definition) is 6. The number of nitrogens with zero attached hydrogens (tertiary/aromatic N) is 3. The van der Waals surface area contributed by atoms with Crippen LogP contribution in [-0.4, -0.2) is 26.7 Å². The monoisotopic (exact) mass is 363 g/mol. The molecule has 0 aliphatic rings. The van der Waals surface area contributed by atoms with E-state index in [4.69, 9.17) is 0 Å². The highest BCUT2D eigenvalue weighted by Gasteiger charge is 2.18. The van der Waals surface area contributed by atoms with Gasteiger partial charge in [0.15, 0.2) is 0 Å². The number of nitro benzene ring substituents is 1. The lowest BCUT2D eigenvalue weighted by Gasteiger charge is -2.10. The van der Waals surface area contributed by atoms with Gasteiger partial charge in [0.25, 0.3) is 17.5 Å². The van der Waals surface area contributed by atoms with Crippen LogP contribution >= 0.6 is 0 Å². The summed E-state index contributed by atoms with van der Waals surface area (Å²) in [6, 6.07) is 9.96. The third kappa shape index (κ3) is 4.28. The van der Waals surface area contributed by atoms with E-state index in [0.29, 0.717) is 16.8 Å². The molecule has 3 aromatic rings. The molecule has 2 aromatic heterocycles. The van der Waals surface area contributed by atoms with Crippen molar-refractivity contribution < 1.29 is 14.5 Å². The molecular weight excluding hydrogens is 350 g/mol. The summed E-state index contributed by atoms with van der Waals surface area (Å²) in [6.07, 6.45) is 5.83. The van der Waals surface area contributed by atoms with Gasteiger partial charge in [-0.2, -0.15) is 0 Å². The van der Waals surface area contributed by atoms with Crippen molar-refractivity contribution in [2.24, 2.45) is 0 Å². The summed E-state index contributed by atoms with van der Waals surface area (Å²) in [5.41, 5.74) is 0.650. The SMILES string of the molecule is O=C(Nc1ccc([N+](=O)[O-])c(NC(=O)c2ccncc2)c1)c1ccncc1. The van der Waals surface area contributed by atoms with Crippen LogP contribution in [0.1, 0.15) is 20.7 Å². The number of nitro groups is 1. The predicted octanol–water partition coefficient (Wildman–Crippen LogP) is 2.89. The molecule has 2 amide bonds. The van der Waals surface area contributed by atoms with E-state index in [0.717, 1.165) is 0 Å². The van der Waals surface area contributed by atoms with Crippen LogP contribution in [0.2, 0.25) is 0 Å². The Morgan fingerprint density at radius 2 is 1.33 bits per heavy atom. The van der Waals surface area contributed by atoms with Gasteiger partial charge >= 0.3 is 0 Å². The van der Waals surface area contributed by atoms with Crippen LogP contribution in [-0.2, 0) is 0 Å². The van der Waals surface area contributed by atoms with Gasteiger partial charge in [-0.25, -0.2) is 0 Å². The van der Waals surface area contributed by atoms with Gasteiger partial charge in [0.1, 0.15) is 5.69 Å². The van der Waals surface area contributed by atoms with E-state index in [2.05, 4.69) is 20.6 Å². The summed E-state index contributed by atoms with van der Waals surface area (Å²) in [5.74, 6) is -0.934. The topological polar surface area (TPSA) is 127 Å². The minimum Gasteiger partial charge on any atom is -0.322 e. The fourth-order valence-electron chi connectivity index (χ4n) is 2.28. The van der Waals surface area contributed by atoms with E-state index in [1.165, 1.54) is 67.3 Å². The fraction of sp³-hybridized carbons (Fsp3) is 0. The second kappa shape index (κ2) is 7.83. The van der Waals surface area contributed by atoms with Crippen LogP contribution in [0.4, 0.5) is 17.1 Å². The molecule has 0 radical (unpaired) electrons. The average Bonchev–Trinajstić information content (AvgIpc) is 2.69. The van der Waals surface area contributed by atoms with Crippen molar-refractivity contribution >= 4 is 28.9 Å². The Balaban J connectivity index is 1.85. The van der Waals surface area contributed by atoms with Crippen molar-refractivity contribution in [3.05, 3.63) is 88.5 Å². The summed E-state index contributed by atoms with van der Waals surface area (Å²) in [6.45, 7) is 0. The number of benzene rings is 1. The summed E-state index contributed by atoms with van der Waals surface area (Å²) in [7, 11) is 0. The molecule has 0 unspecified atom stereocenters. The van der Waals surface area contributed by atoms with Gasteiger partial charge in [0, 0.05) is 47.7 Å². The quantitative estimate of drug-likeness (QED) is 0.530. The van der Waals surface area contributed by atoms with Crippen LogP contribution in [0.5, 0.6) is 0 Å². The zero-order chi connectivity index (χ0) is 19.2. The first-order valence-electron chi connectivity index (χ1n) is 7.76. The largest absolute Gasteiger partial charge is 0.322 e. The Hall–Kier alpha value is -4.14. The van der Waals surface area contributed by atoms with Crippen molar-refractivity contribution in [2.45, 2.75) is 0 Å². The molecule has 0 spiro atoms. The highest BCUT2D eigenvalue weighted by atomic mass is 16.6. The first kappa shape index (κ1) is 17.7. The minimum absolute atomic E-state index is 0.0330. The average molecular weight is 363 g/mol. The summed E-state index contributed by atoms with van der Waals surface area (Å²) < 4.78 is 0. The Morgan fingerprint density at radius 1 is 0.815 bits per heavy atom. The number of carbonyl (C=O) groups is 2. The lowest BCUT2D eigenvalue weighted by molar-refractivity contribution is -0.383. The highest BCUT2D eigenvalue weighted by Crippen LogP contribution is 2.28. The number of nitrogens with one attached hydrogen (secondary N) is 2. The summed E-state index contributed by atoms with van der Waals surface area (Å²) in [4.78, 5) is 42.8. The van der Waals surface area contributed by atoms with Crippen LogP contribution < -0.4 is 10.6 Å². The van der Waals surface area contributed by atoms with Gasteiger partial charge in [-0.3, -0.25) is 29.7 Å². The number of rotatable bonds is 5. The van der Waals surface area contributed by atoms with Gasteiger partial charge in [-0.1, -0.05) is 0 Å². The van der Waals surface area contributed by atoms with Crippen molar-refractivity contribution in [2.75, 3.05) is 10.6 Å². The lowest BCUT2D eigenvalue weighted by atomic mass is 10.2. The maximum Gasteiger partial charge on any atom is 0.292 e. The van der Waals surface area contributed by atoms with Crippen molar-refractivity contribution in [3.8, 4) is 0 Å². The van der Waals surface area contributed by atoms with E-state index in [-0.39, 0.29) is 11.4 Å². The smallest absolute Gasteiger partial charge is 0.292 e. The molecule has 9 heteroatoms. The van der Waals surface area contributed by atoms with Crippen molar-refractivity contribution in [3.63, 3.8) is 0 Å². The van der Waals surface area contributed by atoms with Crippen LogP contribution in [0, 0.1) is 10.1 Å². The Bertz CT molecular complexity index is 993. The maximum atomic E-state index is 12.3. The molecule has 0 saturated carbocycles. The van der Waals surface area contributed by atoms with Gasteiger partial charge in [-0.05, 0) is 36.4 Å². The van der Waals surface area contributed by atoms with Crippen LogP contribution in [0.25, 0.3) is 0 Å². The molecule has 0 bridgehead atoms. The number of aromatic nitrogens is 2. The molecule has 3 rings (SSSR count). The number of amides is 2. The normalized spacial score (nSPS) is 10.1. The third-order valence-electron chi connectivity index (χ3n) is 3.58. The first-order valence-corrected chi connectivity index (χ1v) is 7.76.